The van der Waals surface area contributed by atoms with Crippen molar-refractivity contribution >= 4 is 10.9 Å². The third-order valence-corrected chi connectivity index (χ3v) is 4.11. The molecule has 1 aliphatic heterocycles. The molecular formula is C17H18N4. The van der Waals surface area contributed by atoms with Crippen LogP contribution in [0.4, 0.5) is 0 Å². The van der Waals surface area contributed by atoms with E-state index in [1.54, 1.807) is 0 Å². The van der Waals surface area contributed by atoms with Gasteiger partial charge in [0, 0.05) is 54.7 Å². The van der Waals surface area contributed by atoms with Crippen LogP contribution in [0.5, 0.6) is 0 Å². The van der Waals surface area contributed by atoms with Gasteiger partial charge < -0.3 is 4.98 Å². The highest BCUT2D eigenvalue weighted by molar-refractivity contribution is 5.80. The van der Waals surface area contributed by atoms with Gasteiger partial charge >= 0.3 is 0 Å². The number of hydrogen-bond acceptors (Lipinski definition) is 3. The van der Waals surface area contributed by atoms with E-state index >= 15 is 0 Å². The van der Waals surface area contributed by atoms with E-state index in [0.29, 0.717) is 0 Å². The number of hydrogen-bond donors (Lipinski definition) is 1. The van der Waals surface area contributed by atoms with E-state index in [4.69, 9.17) is 0 Å². The van der Waals surface area contributed by atoms with E-state index < -0.39 is 0 Å². The number of aromatic nitrogens is 3. The second kappa shape index (κ2) is 4.97. The Bertz CT molecular complexity index is 757. The zero-order valence-corrected chi connectivity index (χ0v) is 12.1. The Kier molecular flexibility index (Phi) is 2.97. The zero-order chi connectivity index (χ0) is 14.2. The van der Waals surface area contributed by atoms with Crippen molar-refractivity contribution in [2.75, 3.05) is 6.54 Å². The van der Waals surface area contributed by atoms with E-state index in [0.717, 1.165) is 31.9 Å². The first-order valence-corrected chi connectivity index (χ1v) is 7.38. The van der Waals surface area contributed by atoms with Gasteiger partial charge in [-0.1, -0.05) is 18.2 Å². The quantitative estimate of drug-likeness (QED) is 0.784. The highest BCUT2D eigenvalue weighted by Crippen LogP contribution is 2.20. The molecule has 0 aliphatic carbocycles. The molecule has 0 saturated heterocycles. The summed E-state index contributed by atoms with van der Waals surface area (Å²) in [5.41, 5.74) is 4.97. The third kappa shape index (κ3) is 2.43. The molecule has 3 heterocycles. The number of H-pyrrole nitrogens is 1. The molecule has 0 radical (unpaired) electrons. The van der Waals surface area contributed by atoms with Gasteiger partial charge in [0.15, 0.2) is 0 Å². The molecule has 0 spiro atoms. The van der Waals surface area contributed by atoms with Crippen LogP contribution in [0.1, 0.15) is 22.8 Å². The second-order valence-electron chi connectivity index (χ2n) is 5.73. The topological polar surface area (TPSA) is 44.8 Å². The Balaban J connectivity index is 1.54. The summed E-state index contributed by atoms with van der Waals surface area (Å²) in [5.74, 6) is 0.873. The van der Waals surface area contributed by atoms with Crippen LogP contribution >= 0.6 is 0 Å². The number of fused-ring (bicyclic) bond motifs is 2. The van der Waals surface area contributed by atoms with Crippen molar-refractivity contribution in [1.29, 1.82) is 0 Å². The molecule has 1 N–H and O–H groups in total. The molecule has 4 nitrogen and oxygen atoms in total. The Labute approximate surface area is 123 Å². The first kappa shape index (κ1) is 12.5. The minimum Gasteiger partial charge on any atom is -0.357 e. The van der Waals surface area contributed by atoms with E-state index in [1.165, 1.54) is 27.9 Å². The fourth-order valence-corrected chi connectivity index (χ4v) is 3.07. The molecule has 0 fully saturated rings. The summed E-state index contributed by atoms with van der Waals surface area (Å²) in [6.45, 7) is 4.89. The lowest BCUT2D eigenvalue weighted by Crippen LogP contribution is -2.31. The standard InChI is InChI=1S/C17H18N4/c1-12-18-9-14-10-21(7-6-17(14)19-12)11-15-8-13-4-2-3-5-16(13)20-15/h2-5,8-9,20H,6-7,10-11H2,1H3. The molecule has 1 aliphatic rings. The van der Waals surface area contributed by atoms with Crippen molar-refractivity contribution in [3.63, 3.8) is 0 Å². The molecular weight excluding hydrogens is 260 g/mol. The van der Waals surface area contributed by atoms with Gasteiger partial charge in [-0.25, -0.2) is 9.97 Å². The minimum atomic E-state index is 0.873. The summed E-state index contributed by atoms with van der Waals surface area (Å²) in [4.78, 5) is 14.8. The molecule has 4 rings (SSSR count). The van der Waals surface area contributed by atoms with Gasteiger partial charge in [-0.05, 0) is 24.4 Å². The highest BCUT2D eigenvalue weighted by atomic mass is 15.1. The monoisotopic (exact) mass is 278 g/mol. The van der Waals surface area contributed by atoms with Crippen LogP contribution in [0.15, 0.2) is 36.5 Å². The summed E-state index contributed by atoms with van der Waals surface area (Å²) < 4.78 is 0. The summed E-state index contributed by atoms with van der Waals surface area (Å²) in [5, 5.41) is 1.28. The number of aromatic amines is 1. The number of aryl methyl sites for hydroxylation is 1. The Morgan fingerprint density at radius 3 is 3.10 bits per heavy atom. The van der Waals surface area contributed by atoms with Crippen LogP contribution in [-0.2, 0) is 19.5 Å². The van der Waals surface area contributed by atoms with Crippen molar-refractivity contribution in [2.24, 2.45) is 0 Å². The molecule has 0 amide bonds. The number of rotatable bonds is 2. The molecule has 0 atom stereocenters. The molecule has 0 unspecified atom stereocenters. The normalized spacial score (nSPS) is 15.3. The highest BCUT2D eigenvalue weighted by Gasteiger charge is 2.18. The predicted molar refractivity (Wildman–Crippen MR) is 82.9 cm³/mol. The van der Waals surface area contributed by atoms with E-state index in [2.05, 4.69) is 50.2 Å². The number of nitrogens with one attached hydrogen (secondary N) is 1. The number of para-hydroxylation sites is 1. The van der Waals surface area contributed by atoms with Crippen LogP contribution in [-0.4, -0.2) is 26.4 Å². The molecule has 4 heteroatoms. The summed E-state index contributed by atoms with van der Waals surface area (Å²) in [6, 6.07) is 10.7. The van der Waals surface area contributed by atoms with Gasteiger partial charge in [0.05, 0.1) is 0 Å². The first-order valence-electron chi connectivity index (χ1n) is 7.38. The van der Waals surface area contributed by atoms with Crippen LogP contribution in [0.2, 0.25) is 0 Å². The maximum absolute atomic E-state index is 4.54. The van der Waals surface area contributed by atoms with Gasteiger partial charge in [0.1, 0.15) is 5.82 Å². The second-order valence-corrected chi connectivity index (χ2v) is 5.73. The van der Waals surface area contributed by atoms with Gasteiger partial charge in [-0.3, -0.25) is 4.90 Å². The van der Waals surface area contributed by atoms with Crippen LogP contribution < -0.4 is 0 Å². The number of nitrogens with zero attached hydrogens (tertiary/aromatic N) is 3. The first-order chi connectivity index (χ1) is 10.3. The lowest BCUT2D eigenvalue weighted by Gasteiger charge is -2.27. The Hall–Kier alpha value is -2.20. The molecule has 21 heavy (non-hydrogen) atoms. The predicted octanol–water partition coefficient (Wildman–Crippen LogP) is 2.82. The van der Waals surface area contributed by atoms with E-state index in [-0.39, 0.29) is 0 Å². The molecule has 2 aromatic heterocycles. The van der Waals surface area contributed by atoms with Crippen molar-refractivity contribution < 1.29 is 0 Å². The Morgan fingerprint density at radius 1 is 1.29 bits per heavy atom. The zero-order valence-electron chi connectivity index (χ0n) is 12.1. The minimum absolute atomic E-state index is 0.873. The van der Waals surface area contributed by atoms with Crippen molar-refractivity contribution in [3.05, 3.63) is 59.3 Å². The molecule has 3 aromatic rings. The van der Waals surface area contributed by atoms with E-state index in [9.17, 15) is 0 Å². The molecule has 0 bridgehead atoms. The molecule has 106 valence electrons. The largest absolute Gasteiger partial charge is 0.357 e. The van der Waals surface area contributed by atoms with Gasteiger partial charge in [-0.15, -0.1) is 0 Å². The summed E-state index contributed by atoms with van der Waals surface area (Å²) >= 11 is 0. The maximum Gasteiger partial charge on any atom is 0.125 e. The van der Waals surface area contributed by atoms with Crippen molar-refractivity contribution in [2.45, 2.75) is 26.4 Å². The lowest BCUT2D eigenvalue weighted by molar-refractivity contribution is 0.240. The lowest BCUT2D eigenvalue weighted by atomic mass is 10.1. The van der Waals surface area contributed by atoms with Crippen LogP contribution in [0.25, 0.3) is 10.9 Å². The van der Waals surface area contributed by atoms with Crippen LogP contribution in [0.3, 0.4) is 0 Å². The average Bonchev–Trinajstić information content (AvgIpc) is 2.89. The smallest absolute Gasteiger partial charge is 0.125 e. The average molecular weight is 278 g/mol. The third-order valence-electron chi connectivity index (χ3n) is 4.11. The van der Waals surface area contributed by atoms with E-state index in [1.807, 2.05) is 13.1 Å². The number of benzene rings is 1. The van der Waals surface area contributed by atoms with Gasteiger partial charge in [0.25, 0.3) is 0 Å². The van der Waals surface area contributed by atoms with Crippen molar-refractivity contribution in [1.82, 2.24) is 19.9 Å². The van der Waals surface area contributed by atoms with Crippen LogP contribution in [0, 0.1) is 6.92 Å². The summed E-state index contributed by atoms with van der Waals surface area (Å²) in [6.07, 6.45) is 2.99. The fourth-order valence-electron chi connectivity index (χ4n) is 3.07. The fraction of sp³-hybridized carbons (Fsp3) is 0.294. The van der Waals surface area contributed by atoms with Gasteiger partial charge in [0.2, 0.25) is 0 Å². The van der Waals surface area contributed by atoms with Crippen molar-refractivity contribution in [3.8, 4) is 0 Å². The molecule has 0 saturated carbocycles. The van der Waals surface area contributed by atoms with Gasteiger partial charge in [-0.2, -0.15) is 0 Å². The molecule has 1 aromatic carbocycles. The summed E-state index contributed by atoms with van der Waals surface area (Å²) in [7, 11) is 0. The maximum atomic E-state index is 4.54. The Morgan fingerprint density at radius 2 is 2.19 bits per heavy atom. The SMILES string of the molecule is Cc1ncc2c(n1)CCN(Cc1cc3ccccc3[nH]1)C2.